The molecule has 2 N–H and O–H groups in total. The molecule has 1 heterocycles. The molecule has 0 spiro atoms. The molecule has 1 aliphatic carbocycles. The molecule has 0 bridgehead atoms. The lowest BCUT2D eigenvalue weighted by molar-refractivity contribution is -0.116. The fourth-order valence-electron chi connectivity index (χ4n) is 6.51. The Morgan fingerprint density at radius 3 is 2.52 bits per heavy atom. The minimum Gasteiger partial charge on any atom is -0.492 e. The lowest BCUT2D eigenvalue weighted by atomic mass is 9.84. The number of hydrogen-bond donors (Lipinski definition) is 2. The van der Waals surface area contributed by atoms with Gasteiger partial charge >= 0.3 is 0 Å². The van der Waals surface area contributed by atoms with Crippen molar-refractivity contribution in [2.75, 3.05) is 49.3 Å². The second-order valence-electron chi connectivity index (χ2n) is 12.5. The third-order valence-corrected chi connectivity index (χ3v) is 9.12. The van der Waals surface area contributed by atoms with E-state index in [0.717, 1.165) is 48.3 Å². The van der Waals surface area contributed by atoms with Gasteiger partial charge in [-0.15, -0.1) is 0 Å². The Morgan fingerprint density at radius 1 is 1.04 bits per heavy atom. The van der Waals surface area contributed by atoms with Crippen molar-refractivity contribution in [1.29, 1.82) is 5.26 Å². The summed E-state index contributed by atoms with van der Waals surface area (Å²) in [7, 11) is 4.01. The number of nitriles is 1. The van der Waals surface area contributed by atoms with Crippen LogP contribution >= 0.6 is 11.6 Å². The topological polar surface area (TPSA) is 89.9 Å². The number of rotatable bonds is 13. The second-order valence-corrected chi connectivity index (χ2v) is 12.9. The van der Waals surface area contributed by atoms with Crippen LogP contribution in [-0.2, 0) is 11.4 Å². The molecule has 2 aliphatic rings. The monoisotopic (exact) mass is 643 g/mol. The van der Waals surface area contributed by atoms with Crippen LogP contribution in [0.2, 0.25) is 5.02 Å². The Hall–Kier alpha value is -3.93. The summed E-state index contributed by atoms with van der Waals surface area (Å²) >= 11 is 6.70. The van der Waals surface area contributed by atoms with E-state index in [2.05, 4.69) is 32.6 Å². The van der Waals surface area contributed by atoms with Crippen LogP contribution in [-0.4, -0.2) is 50.6 Å². The molecule has 0 radical (unpaired) electrons. The van der Waals surface area contributed by atoms with Crippen LogP contribution in [0.5, 0.6) is 11.5 Å². The number of nitrogens with zero attached hydrogens (tertiary/aromatic N) is 3. The van der Waals surface area contributed by atoms with Gasteiger partial charge in [0.2, 0.25) is 5.91 Å². The molecule has 0 saturated heterocycles. The summed E-state index contributed by atoms with van der Waals surface area (Å²) in [5.41, 5.74) is 4.51. The molecule has 46 heavy (non-hydrogen) atoms. The van der Waals surface area contributed by atoms with Crippen molar-refractivity contribution in [3.8, 4) is 17.6 Å². The van der Waals surface area contributed by atoms with Crippen molar-refractivity contribution in [2.45, 2.75) is 70.6 Å². The molecule has 2 atom stereocenters. The Labute approximate surface area is 278 Å². The molecule has 1 saturated carbocycles. The van der Waals surface area contributed by atoms with Crippen molar-refractivity contribution in [3.05, 3.63) is 76.8 Å². The highest BCUT2D eigenvalue weighted by atomic mass is 35.5. The fraction of sp³-hybridized carbons (Fsp3) is 0.459. The van der Waals surface area contributed by atoms with Crippen LogP contribution in [0.1, 0.15) is 69.0 Å². The van der Waals surface area contributed by atoms with Crippen LogP contribution in [0.25, 0.3) is 0 Å². The van der Waals surface area contributed by atoms with Crippen LogP contribution in [0.3, 0.4) is 0 Å². The van der Waals surface area contributed by atoms with Crippen LogP contribution in [0.15, 0.2) is 60.7 Å². The van der Waals surface area contributed by atoms with Crippen molar-refractivity contribution >= 4 is 34.6 Å². The number of fused-ring (bicyclic) bond motifs is 1. The summed E-state index contributed by atoms with van der Waals surface area (Å²) in [4.78, 5) is 17.5. The zero-order valence-electron chi connectivity index (χ0n) is 27.2. The normalized spacial score (nSPS) is 18.0. The third kappa shape index (κ3) is 8.45. The molecule has 3 aromatic carbocycles. The zero-order chi connectivity index (χ0) is 32.5. The molecule has 5 rings (SSSR count). The van der Waals surface area contributed by atoms with E-state index in [4.69, 9.17) is 21.1 Å². The van der Waals surface area contributed by atoms with Gasteiger partial charge in [0.25, 0.3) is 0 Å². The summed E-state index contributed by atoms with van der Waals surface area (Å²) < 4.78 is 12.1. The molecular weight excluding hydrogens is 598 g/mol. The van der Waals surface area contributed by atoms with E-state index >= 15 is 0 Å². The number of ether oxygens (including phenoxy) is 2. The first-order valence-corrected chi connectivity index (χ1v) is 16.9. The first-order valence-electron chi connectivity index (χ1n) is 16.5. The van der Waals surface area contributed by atoms with Crippen molar-refractivity contribution in [1.82, 2.24) is 4.90 Å². The Bertz CT molecular complexity index is 1500. The van der Waals surface area contributed by atoms with Crippen LogP contribution in [0, 0.1) is 17.2 Å². The first kappa shape index (κ1) is 33.4. The highest BCUT2D eigenvalue weighted by molar-refractivity contribution is 6.32. The van der Waals surface area contributed by atoms with Gasteiger partial charge in [0.05, 0.1) is 35.3 Å². The van der Waals surface area contributed by atoms with Crippen LogP contribution in [0.4, 0.5) is 17.1 Å². The predicted molar refractivity (Wildman–Crippen MR) is 186 cm³/mol. The number of benzene rings is 3. The van der Waals surface area contributed by atoms with Gasteiger partial charge in [-0.1, -0.05) is 61.2 Å². The van der Waals surface area contributed by atoms with Crippen molar-refractivity contribution in [3.63, 3.8) is 0 Å². The minimum atomic E-state index is -0.330. The largest absolute Gasteiger partial charge is 0.492 e. The van der Waals surface area contributed by atoms with Crippen molar-refractivity contribution < 1.29 is 14.3 Å². The number of halogens is 1. The fourth-order valence-corrected chi connectivity index (χ4v) is 6.75. The molecule has 1 aliphatic heterocycles. The lowest BCUT2D eigenvalue weighted by Crippen LogP contribution is -2.46. The summed E-state index contributed by atoms with van der Waals surface area (Å²) in [5, 5.41) is 17.7. The molecule has 8 nitrogen and oxygen atoms in total. The number of hydrogen-bond acceptors (Lipinski definition) is 7. The number of anilines is 3. The van der Waals surface area contributed by atoms with E-state index in [9.17, 15) is 10.1 Å². The summed E-state index contributed by atoms with van der Waals surface area (Å²) in [6, 6.07) is 22.3. The van der Waals surface area contributed by atoms with E-state index in [1.807, 2.05) is 75.6 Å². The van der Waals surface area contributed by atoms with E-state index in [1.54, 1.807) is 0 Å². The quantitative estimate of drug-likeness (QED) is 0.195. The maximum atomic E-state index is 13.0. The Balaban J connectivity index is 1.46. The Morgan fingerprint density at radius 2 is 1.83 bits per heavy atom. The SMILES string of the molecule is CCOc1cc2c(cc1NC(=O)CCCN(C)C)C(Nc1ccc(OCc3ccccc3)c(Cl)c1)C(C#N)CN2C1CCCCC1. The van der Waals surface area contributed by atoms with E-state index in [1.165, 1.54) is 19.3 Å². The predicted octanol–water partition coefficient (Wildman–Crippen LogP) is 8.04. The Kier molecular flexibility index (Phi) is 11.7. The highest BCUT2D eigenvalue weighted by Crippen LogP contribution is 2.46. The average molecular weight is 644 g/mol. The van der Waals surface area contributed by atoms with Gasteiger partial charge in [0.15, 0.2) is 0 Å². The highest BCUT2D eigenvalue weighted by Gasteiger charge is 2.38. The molecule has 2 unspecified atom stereocenters. The number of carbonyl (C=O) groups is 1. The summed E-state index contributed by atoms with van der Waals surface area (Å²) in [5.74, 6) is 0.867. The number of nitrogens with one attached hydrogen (secondary N) is 2. The van der Waals surface area contributed by atoms with Gasteiger partial charge in [-0.3, -0.25) is 4.79 Å². The second kappa shape index (κ2) is 16.1. The van der Waals surface area contributed by atoms with Gasteiger partial charge in [0, 0.05) is 42.0 Å². The van der Waals surface area contributed by atoms with E-state index < -0.39 is 0 Å². The van der Waals surface area contributed by atoms with Crippen LogP contribution < -0.4 is 25.0 Å². The summed E-state index contributed by atoms with van der Waals surface area (Å²) in [6.45, 7) is 4.29. The summed E-state index contributed by atoms with van der Waals surface area (Å²) in [6.07, 6.45) is 6.99. The molecular formula is C37H46ClN5O3. The lowest BCUT2D eigenvalue weighted by Gasteiger charge is -2.45. The smallest absolute Gasteiger partial charge is 0.224 e. The molecule has 0 aromatic heterocycles. The molecule has 1 fully saturated rings. The minimum absolute atomic E-state index is 0.0538. The molecule has 9 heteroatoms. The average Bonchev–Trinajstić information content (AvgIpc) is 3.05. The third-order valence-electron chi connectivity index (χ3n) is 8.82. The number of carbonyl (C=O) groups excluding carboxylic acids is 1. The maximum Gasteiger partial charge on any atom is 0.224 e. The van der Waals surface area contributed by atoms with E-state index in [0.29, 0.717) is 54.4 Å². The van der Waals surface area contributed by atoms with Gasteiger partial charge in [-0.25, -0.2) is 0 Å². The zero-order valence-corrected chi connectivity index (χ0v) is 28.0. The first-order chi connectivity index (χ1) is 22.4. The van der Waals surface area contributed by atoms with E-state index in [-0.39, 0.29) is 17.9 Å². The molecule has 3 aromatic rings. The maximum absolute atomic E-state index is 13.0. The van der Waals surface area contributed by atoms with Gasteiger partial charge in [0.1, 0.15) is 18.1 Å². The van der Waals surface area contributed by atoms with Gasteiger partial charge in [-0.05, 0) is 76.7 Å². The number of amides is 1. The van der Waals surface area contributed by atoms with Crippen molar-refractivity contribution in [2.24, 2.45) is 5.92 Å². The standard InChI is InChI=1S/C37H46ClN5O3/c1-4-45-35-22-33-30(21-32(35)41-36(44)16-11-19-42(2)3)37(27(23-39)24-43(33)29-14-9-6-10-15-29)40-28-17-18-34(31(38)20-28)46-25-26-12-7-5-8-13-26/h5,7-8,12-13,17-18,20-22,27,29,37,40H,4,6,9-11,14-16,19,24-25H2,1-3H3,(H,41,44). The molecule has 244 valence electrons. The molecule has 1 amide bonds. The van der Waals surface area contributed by atoms with Gasteiger partial charge in [-0.2, -0.15) is 5.26 Å². The van der Waals surface area contributed by atoms with Gasteiger partial charge < -0.3 is 29.9 Å².